The van der Waals surface area contributed by atoms with Gasteiger partial charge in [0.15, 0.2) is 16.3 Å². The molecule has 0 saturated carbocycles. The summed E-state index contributed by atoms with van der Waals surface area (Å²) >= 11 is 1.43. The summed E-state index contributed by atoms with van der Waals surface area (Å²) in [5.41, 5.74) is 0.846. The Hall–Kier alpha value is -1.76. The van der Waals surface area contributed by atoms with Crippen LogP contribution in [0.5, 0.6) is 0 Å². The van der Waals surface area contributed by atoms with E-state index in [2.05, 4.69) is 16.5 Å². The monoisotopic (exact) mass is 266 g/mol. The Labute approximate surface area is 107 Å². The van der Waals surface area contributed by atoms with Gasteiger partial charge in [0.1, 0.15) is 0 Å². The number of rotatable bonds is 3. The lowest BCUT2D eigenvalue weighted by molar-refractivity contribution is 0.720. The van der Waals surface area contributed by atoms with Crippen LogP contribution in [0.3, 0.4) is 0 Å². The lowest BCUT2D eigenvalue weighted by Crippen LogP contribution is -2.29. The number of hydrogen-bond donors (Lipinski definition) is 1. The number of allylic oxidation sites excluding steroid dienone is 1. The van der Waals surface area contributed by atoms with Gasteiger partial charge < -0.3 is 4.57 Å². The van der Waals surface area contributed by atoms with Crippen LogP contribution in [0.4, 0.5) is 0 Å². The molecule has 0 aliphatic heterocycles. The van der Waals surface area contributed by atoms with Gasteiger partial charge >= 0.3 is 5.69 Å². The van der Waals surface area contributed by atoms with Crippen LogP contribution in [-0.4, -0.2) is 25.4 Å². The average Bonchev–Trinajstić information content (AvgIpc) is 2.64. The van der Waals surface area contributed by atoms with Crippen LogP contribution >= 0.6 is 11.8 Å². The van der Waals surface area contributed by atoms with Crippen LogP contribution in [0.2, 0.25) is 0 Å². The number of hydrogen-bond acceptors (Lipinski definition) is 4. The first-order valence-corrected chi connectivity index (χ1v) is 6.56. The highest BCUT2D eigenvalue weighted by Gasteiger charge is 2.16. The van der Waals surface area contributed by atoms with Gasteiger partial charge in [-0.1, -0.05) is 23.9 Å². The molecule has 0 radical (unpaired) electrons. The number of aryl methyl sites for hydroxylation is 1. The number of nitrogens with one attached hydrogen (secondary N) is 1. The van der Waals surface area contributed by atoms with Crippen molar-refractivity contribution in [2.75, 3.05) is 6.26 Å². The summed E-state index contributed by atoms with van der Waals surface area (Å²) in [6.07, 6.45) is 1.88. The number of fused-ring (bicyclic) bond motifs is 1. The van der Waals surface area contributed by atoms with E-state index in [1.54, 1.807) is 11.6 Å². The zero-order valence-corrected chi connectivity index (χ0v) is 11.3. The summed E-state index contributed by atoms with van der Waals surface area (Å²) in [5, 5.41) is 0.694. The molecule has 0 amide bonds. The Morgan fingerprint density at radius 1 is 1.50 bits per heavy atom. The van der Waals surface area contributed by atoms with E-state index in [9.17, 15) is 9.59 Å². The minimum absolute atomic E-state index is 0.398. The predicted octanol–water partition coefficient (Wildman–Crippen LogP) is 0.721. The van der Waals surface area contributed by atoms with Gasteiger partial charge in [-0.3, -0.25) is 14.3 Å². The molecule has 96 valence electrons. The quantitative estimate of drug-likeness (QED) is 0.656. The summed E-state index contributed by atoms with van der Waals surface area (Å²) in [7, 11) is 1.59. The third kappa shape index (κ3) is 1.90. The van der Waals surface area contributed by atoms with E-state index < -0.39 is 11.2 Å². The van der Waals surface area contributed by atoms with E-state index in [4.69, 9.17) is 0 Å². The van der Waals surface area contributed by atoms with Gasteiger partial charge in [0.25, 0.3) is 5.56 Å². The molecule has 0 aliphatic rings. The van der Waals surface area contributed by atoms with Crippen molar-refractivity contribution in [2.24, 2.45) is 7.05 Å². The first-order chi connectivity index (χ1) is 8.45. The molecule has 0 fully saturated rings. The second-order valence-electron chi connectivity index (χ2n) is 4.13. The highest BCUT2D eigenvalue weighted by atomic mass is 32.2. The van der Waals surface area contributed by atoms with E-state index in [0.29, 0.717) is 22.9 Å². The third-order valence-electron chi connectivity index (χ3n) is 2.58. The van der Waals surface area contributed by atoms with E-state index >= 15 is 0 Å². The minimum atomic E-state index is -0.458. The Balaban J connectivity index is 2.91. The molecule has 18 heavy (non-hydrogen) atoms. The first kappa shape index (κ1) is 12.7. The lowest BCUT2D eigenvalue weighted by Gasteiger charge is -2.06. The zero-order valence-electron chi connectivity index (χ0n) is 10.5. The molecule has 2 aromatic rings. The van der Waals surface area contributed by atoms with Crippen LogP contribution in [0.15, 0.2) is 26.9 Å². The van der Waals surface area contributed by atoms with Gasteiger partial charge in [-0.2, -0.15) is 0 Å². The summed E-state index contributed by atoms with van der Waals surface area (Å²) in [5.74, 6) is 0. The maximum absolute atomic E-state index is 11.9. The van der Waals surface area contributed by atoms with Crippen molar-refractivity contribution in [1.29, 1.82) is 0 Å². The second kappa shape index (κ2) is 4.49. The van der Waals surface area contributed by atoms with Crippen molar-refractivity contribution >= 4 is 22.9 Å². The maximum Gasteiger partial charge on any atom is 0.329 e. The lowest BCUT2D eigenvalue weighted by atomic mass is 10.3. The number of nitrogens with zero attached hydrogens (tertiary/aromatic N) is 3. The first-order valence-electron chi connectivity index (χ1n) is 5.33. The molecule has 1 N–H and O–H groups in total. The number of thioether (sulfide) groups is 1. The molecule has 6 nitrogen and oxygen atoms in total. The highest BCUT2D eigenvalue weighted by molar-refractivity contribution is 7.98. The molecule has 0 unspecified atom stereocenters. The molecule has 0 saturated heterocycles. The fourth-order valence-electron chi connectivity index (χ4n) is 1.79. The van der Waals surface area contributed by atoms with Crippen molar-refractivity contribution in [3.05, 3.63) is 33.0 Å². The van der Waals surface area contributed by atoms with E-state index in [0.717, 1.165) is 5.57 Å². The summed E-state index contributed by atoms with van der Waals surface area (Å²) in [6, 6.07) is 0. The number of imidazole rings is 1. The van der Waals surface area contributed by atoms with Crippen LogP contribution < -0.4 is 11.2 Å². The second-order valence-corrected chi connectivity index (χ2v) is 4.91. The van der Waals surface area contributed by atoms with Gasteiger partial charge in [0.05, 0.1) is 0 Å². The van der Waals surface area contributed by atoms with Gasteiger partial charge in [-0.25, -0.2) is 9.78 Å². The Bertz CT molecular complexity index is 738. The van der Waals surface area contributed by atoms with E-state index in [-0.39, 0.29) is 0 Å². The van der Waals surface area contributed by atoms with Gasteiger partial charge in [-0.05, 0) is 13.2 Å². The molecule has 0 spiro atoms. The molecule has 0 atom stereocenters. The Morgan fingerprint density at radius 2 is 2.17 bits per heavy atom. The van der Waals surface area contributed by atoms with Crippen LogP contribution in [0.1, 0.15) is 6.92 Å². The summed E-state index contributed by atoms with van der Waals surface area (Å²) < 4.78 is 3.12. The van der Waals surface area contributed by atoms with Crippen molar-refractivity contribution in [3.63, 3.8) is 0 Å². The summed E-state index contributed by atoms with van der Waals surface area (Å²) in [6.45, 7) is 6.23. The largest absolute Gasteiger partial charge is 0.329 e. The number of H-pyrrole nitrogens is 1. The molecular formula is C11H14N4O2S. The fraction of sp³-hybridized carbons (Fsp3) is 0.364. The smallest absolute Gasteiger partial charge is 0.309 e. The normalized spacial score (nSPS) is 11.1. The Kier molecular flexibility index (Phi) is 3.16. The SMILES string of the molecule is C=C(C)Cn1c(SC)nc2c1c(=O)[nH]c(=O)n2C. The highest BCUT2D eigenvalue weighted by Crippen LogP contribution is 2.19. The molecule has 0 aromatic carbocycles. The summed E-state index contributed by atoms with van der Waals surface area (Å²) in [4.78, 5) is 30.1. The molecule has 0 aliphatic carbocycles. The molecular weight excluding hydrogens is 252 g/mol. The fourth-order valence-corrected chi connectivity index (χ4v) is 2.34. The molecule has 7 heteroatoms. The molecule has 2 heterocycles. The number of aromatic amines is 1. The van der Waals surface area contributed by atoms with Gasteiger partial charge in [0.2, 0.25) is 0 Å². The van der Waals surface area contributed by atoms with Crippen molar-refractivity contribution in [1.82, 2.24) is 19.1 Å². The van der Waals surface area contributed by atoms with E-state index in [1.165, 1.54) is 16.3 Å². The Morgan fingerprint density at radius 3 is 2.72 bits per heavy atom. The average molecular weight is 266 g/mol. The van der Waals surface area contributed by atoms with Crippen molar-refractivity contribution in [2.45, 2.75) is 18.6 Å². The van der Waals surface area contributed by atoms with Crippen molar-refractivity contribution in [3.8, 4) is 0 Å². The van der Waals surface area contributed by atoms with Crippen LogP contribution in [0, 0.1) is 0 Å². The van der Waals surface area contributed by atoms with Gasteiger partial charge in [0, 0.05) is 13.6 Å². The minimum Gasteiger partial charge on any atom is -0.309 e. The van der Waals surface area contributed by atoms with Crippen LogP contribution in [0.25, 0.3) is 11.2 Å². The predicted molar refractivity (Wildman–Crippen MR) is 72.2 cm³/mol. The standard InChI is InChI=1S/C11H14N4O2S/c1-6(2)5-15-7-8(12-11(15)18-4)14(3)10(17)13-9(7)16/h1,5H2,2-4H3,(H,13,16,17). The number of aromatic nitrogens is 4. The molecule has 2 rings (SSSR count). The van der Waals surface area contributed by atoms with Crippen molar-refractivity contribution < 1.29 is 0 Å². The van der Waals surface area contributed by atoms with E-state index in [1.807, 2.05) is 13.2 Å². The topological polar surface area (TPSA) is 72.7 Å². The molecule has 0 bridgehead atoms. The maximum atomic E-state index is 11.9. The zero-order chi connectivity index (χ0) is 13.4. The third-order valence-corrected chi connectivity index (χ3v) is 3.26. The molecule has 2 aromatic heterocycles. The van der Waals surface area contributed by atoms with Gasteiger partial charge in [-0.15, -0.1) is 0 Å². The van der Waals surface area contributed by atoms with Crippen LogP contribution in [-0.2, 0) is 13.6 Å².